The summed E-state index contributed by atoms with van der Waals surface area (Å²) in [6, 6.07) is 9.26. The molecule has 18 heavy (non-hydrogen) atoms. The predicted octanol–water partition coefficient (Wildman–Crippen LogP) is 1.69. The first kappa shape index (κ1) is 14.5. The lowest BCUT2D eigenvalue weighted by Gasteiger charge is -2.23. The molecule has 0 saturated carbocycles. The molecule has 4 heteroatoms. The quantitative estimate of drug-likeness (QED) is 0.761. The zero-order chi connectivity index (χ0) is 13.6. The molecule has 4 nitrogen and oxygen atoms in total. The molecule has 0 unspecified atom stereocenters. The zero-order valence-corrected chi connectivity index (χ0v) is 11.2. The largest absolute Gasteiger partial charge is 0.394 e. The van der Waals surface area contributed by atoms with Gasteiger partial charge in [-0.3, -0.25) is 0 Å². The van der Waals surface area contributed by atoms with Crippen molar-refractivity contribution in [2.45, 2.75) is 38.8 Å². The summed E-state index contributed by atoms with van der Waals surface area (Å²) in [4.78, 5) is 11.7. The second-order valence-corrected chi connectivity index (χ2v) is 5.42. The molecule has 1 atom stereocenters. The molecular formula is C14H22N2O2. The van der Waals surface area contributed by atoms with Crippen molar-refractivity contribution in [3.63, 3.8) is 0 Å². The minimum atomic E-state index is -0.281. The molecule has 1 aromatic carbocycles. The Morgan fingerprint density at radius 1 is 1.28 bits per heavy atom. The maximum absolute atomic E-state index is 11.7. The van der Waals surface area contributed by atoms with Gasteiger partial charge >= 0.3 is 6.03 Å². The second kappa shape index (κ2) is 6.40. The van der Waals surface area contributed by atoms with Gasteiger partial charge in [-0.2, -0.15) is 0 Å². The first-order chi connectivity index (χ1) is 8.40. The third-order valence-corrected chi connectivity index (χ3v) is 2.37. The standard InChI is InChI=1S/C14H22N2O2/c1-14(2,3)16-13(18)15-12(10-17)9-11-7-5-4-6-8-11/h4-8,12,17H,9-10H2,1-3H3,(H2,15,16,18)/t12-/m0/s1. The van der Waals surface area contributed by atoms with Crippen molar-refractivity contribution in [2.24, 2.45) is 0 Å². The first-order valence-electron chi connectivity index (χ1n) is 6.14. The minimum Gasteiger partial charge on any atom is -0.394 e. The second-order valence-electron chi connectivity index (χ2n) is 5.42. The van der Waals surface area contributed by atoms with Gasteiger partial charge in [0.15, 0.2) is 0 Å². The van der Waals surface area contributed by atoms with E-state index in [2.05, 4.69) is 10.6 Å². The van der Waals surface area contributed by atoms with E-state index in [4.69, 9.17) is 0 Å². The highest BCUT2D eigenvalue weighted by atomic mass is 16.3. The van der Waals surface area contributed by atoms with Crippen LogP contribution in [0.5, 0.6) is 0 Å². The number of nitrogens with one attached hydrogen (secondary N) is 2. The monoisotopic (exact) mass is 250 g/mol. The van der Waals surface area contributed by atoms with Gasteiger partial charge in [-0.1, -0.05) is 30.3 Å². The zero-order valence-electron chi connectivity index (χ0n) is 11.2. The van der Waals surface area contributed by atoms with Crippen molar-refractivity contribution in [3.8, 4) is 0 Å². The van der Waals surface area contributed by atoms with Crippen LogP contribution in [0.4, 0.5) is 4.79 Å². The normalized spacial score (nSPS) is 12.9. The number of aliphatic hydroxyl groups is 1. The fourth-order valence-corrected chi connectivity index (χ4v) is 1.62. The number of amides is 2. The highest BCUT2D eigenvalue weighted by Crippen LogP contribution is 2.03. The van der Waals surface area contributed by atoms with Gasteiger partial charge in [0.2, 0.25) is 0 Å². The van der Waals surface area contributed by atoms with Gasteiger partial charge in [-0.05, 0) is 32.8 Å². The number of carbonyl (C=O) groups is 1. The molecule has 100 valence electrons. The number of aliphatic hydroxyl groups excluding tert-OH is 1. The molecular weight excluding hydrogens is 228 g/mol. The summed E-state index contributed by atoms with van der Waals surface area (Å²) in [5, 5.41) is 14.9. The first-order valence-corrected chi connectivity index (χ1v) is 6.14. The van der Waals surface area contributed by atoms with E-state index >= 15 is 0 Å². The van der Waals surface area contributed by atoms with Gasteiger partial charge in [-0.15, -0.1) is 0 Å². The number of rotatable bonds is 4. The van der Waals surface area contributed by atoms with Crippen LogP contribution in [0.25, 0.3) is 0 Å². The Morgan fingerprint density at radius 2 is 1.89 bits per heavy atom. The Hall–Kier alpha value is -1.55. The summed E-state index contributed by atoms with van der Waals surface area (Å²) in [6.07, 6.45) is 0.620. The highest BCUT2D eigenvalue weighted by Gasteiger charge is 2.17. The van der Waals surface area contributed by atoms with E-state index in [1.807, 2.05) is 51.1 Å². The molecule has 0 aliphatic heterocycles. The average Bonchev–Trinajstić information content (AvgIpc) is 2.27. The van der Waals surface area contributed by atoms with E-state index in [1.54, 1.807) is 0 Å². The molecule has 0 bridgehead atoms. The van der Waals surface area contributed by atoms with Gasteiger partial charge in [0.25, 0.3) is 0 Å². The summed E-state index contributed by atoms with van der Waals surface area (Å²) in [5.41, 5.74) is 0.809. The van der Waals surface area contributed by atoms with Crippen LogP contribution in [0, 0.1) is 0 Å². The Labute approximate surface area is 108 Å². The smallest absolute Gasteiger partial charge is 0.315 e. The fraction of sp³-hybridized carbons (Fsp3) is 0.500. The van der Waals surface area contributed by atoms with Crippen LogP contribution in [0.15, 0.2) is 30.3 Å². The van der Waals surface area contributed by atoms with Crippen molar-refractivity contribution in [1.29, 1.82) is 0 Å². The van der Waals surface area contributed by atoms with E-state index in [9.17, 15) is 9.90 Å². The Kier molecular flexibility index (Phi) is 5.16. The Bertz CT molecular complexity index is 371. The maximum atomic E-state index is 11.7. The summed E-state index contributed by atoms with van der Waals surface area (Å²) in [5.74, 6) is 0. The van der Waals surface area contributed by atoms with Crippen LogP contribution in [-0.2, 0) is 6.42 Å². The lowest BCUT2D eigenvalue weighted by atomic mass is 10.1. The molecule has 3 N–H and O–H groups in total. The van der Waals surface area contributed by atoms with Crippen LogP contribution in [0.2, 0.25) is 0 Å². The number of urea groups is 1. The number of carbonyl (C=O) groups excluding carboxylic acids is 1. The van der Waals surface area contributed by atoms with E-state index in [-0.39, 0.29) is 24.2 Å². The topological polar surface area (TPSA) is 61.4 Å². The Morgan fingerprint density at radius 3 is 2.39 bits per heavy atom. The summed E-state index contributed by atoms with van der Waals surface area (Å²) < 4.78 is 0. The van der Waals surface area contributed by atoms with E-state index in [1.165, 1.54) is 0 Å². The molecule has 0 saturated heterocycles. The minimum absolute atomic E-state index is 0.0769. The summed E-state index contributed by atoms with van der Waals surface area (Å²) in [6.45, 7) is 5.67. The molecule has 0 aliphatic carbocycles. The van der Waals surface area contributed by atoms with Crippen LogP contribution >= 0.6 is 0 Å². The van der Waals surface area contributed by atoms with Gasteiger partial charge in [0, 0.05) is 5.54 Å². The van der Waals surface area contributed by atoms with Crippen molar-refractivity contribution in [3.05, 3.63) is 35.9 Å². The lowest BCUT2D eigenvalue weighted by Crippen LogP contribution is -2.51. The predicted molar refractivity (Wildman–Crippen MR) is 72.4 cm³/mol. The van der Waals surface area contributed by atoms with E-state index in [0.717, 1.165) is 5.56 Å². The van der Waals surface area contributed by atoms with Crippen molar-refractivity contribution in [2.75, 3.05) is 6.61 Å². The van der Waals surface area contributed by atoms with Crippen LogP contribution in [-0.4, -0.2) is 29.3 Å². The van der Waals surface area contributed by atoms with Gasteiger partial charge in [0.05, 0.1) is 12.6 Å². The molecule has 2 amide bonds. The fourth-order valence-electron chi connectivity index (χ4n) is 1.62. The SMILES string of the molecule is CC(C)(C)NC(=O)N[C@H](CO)Cc1ccccc1. The highest BCUT2D eigenvalue weighted by molar-refractivity contribution is 5.75. The summed E-state index contributed by atoms with van der Waals surface area (Å²) in [7, 11) is 0. The van der Waals surface area contributed by atoms with Gasteiger partial charge < -0.3 is 15.7 Å². The molecule has 0 heterocycles. The molecule has 0 aliphatic rings. The maximum Gasteiger partial charge on any atom is 0.315 e. The number of hydrogen-bond acceptors (Lipinski definition) is 2. The molecule has 0 fully saturated rings. The van der Waals surface area contributed by atoms with E-state index < -0.39 is 0 Å². The van der Waals surface area contributed by atoms with Gasteiger partial charge in [0.1, 0.15) is 0 Å². The molecule has 0 radical (unpaired) electrons. The lowest BCUT2D eigenvalue weighted by molar-refractivity contribution is 0.209. The van der Waals surface area contributed by atoms with Crippen molar-refractivity contribution >= 4 is 6.03 Å². The third-order valence-electron chi connectivity index (χ3n) is 2.37. The molecule has 1 rings (SSSR count). The van der Waals surface area contributed by atoms with Crippen LogP contribution < -0.4 is 10.6 Å². The van der Waals surface area contributed by atoms with Crippen LogP contribution in [0.1, 0.15) is 26.3 Å². The molecule has 0 spiro atoms. The third kappa shape index (κ3) is 5.68. The summed E-state index contributed by atoms with van der Waals surface area (Å²) >= 11 is 0. The van der Waals surface area contributed by atoms with Crippen molar-refractivity contribution in [1.82, 2.24) is 10.6 Å². The number of hydrogen-bond donors (Lipinski definition) is 3. The Balaban J connectivity index is 2.50. The number of benzene rings is 1. The van der Waals surface area contributed by atoms with E-state index in [0.29, 0.717) is 6.42 Å². The molecule has 1 aromatic rings. The van der Waals surface area contributed by atoms with Crippen molar-refractivity contribution < 1.29 is 9.90 Å². The average molecular weight is 250 g/mol. The van der Waals surface area contributed by atoms with Gasteiger partial charge in [-0.25, -0.2) is 4.79 Å². The molecule has 0 aromatic heterocycles. The van der Waals surface area contributed by atoms with Crippen LogP contribution in [0.3, 0.4) is 0 Å².